The Morgan fingerprint density at radius 2 is 2.29 bits per heavy atom. The second kappa shape index (κ2) is 3.82. The van der Waals surface area contributed by atoms with Crippen LogP contribution in [0.2, 0.25) is 0 Å². The zero-order chi connectivity index (χ0) is 12.0. The number of hydrogen-bond acceptors (Lipinski definition) is 4. The summed E-state index contributed by atoms with van der Waals surface area (Å²) in [5.41, 5.74) is 3.44. The van der Waals surface area contributed by atoms with Gasteiger partial charge in [0.05, 0.1) is 12.8 Å². The third kappa shape index (κ3) is 1.64. The minimum atomic E-state index is -0.486. The zero-order valence-electron chi connectivity index (χ0n) is 9.73. The first-order valence-electron chi connectivity index (χ1n) is 5.54. The molecule has 1 heterocycles. The van der Waals surface area contributed by atoms with Crippen LogP contribution in [0.1, 0.15) is 28.5 Å². The molecule has 1 N–H and O–H groups in total. The summed E-state index contributed by atoms with van der Waals surface area (Å²) in [6.07, 6.45) is 0.429. The van der Waals surface area contributed by atoms with Gasteiger partial charge in [0, 0.05) is 16.9 Å². The molecule has 0 spiro atoms. The van der Waals surface area contributed by atoms with Crippen molar-refractivity contribution in [3.8, 4) is 17.0 Å². The summed E-state index contributed by atoms with van der Waals surface area (Å²) in [6.45, 7) is 1.75. The molecule has 0 radical (unpaired) electrons. The molecular weight excluding hydrogens is 234 g/mol. The van der Waals surface area contributed by atoms with Crippen molar-refractivity contribution >= 4 is 11.3 Å². The van der Waals surface area contributed by atoms with Crippen LogP contribution >= 0.6 is 11.3 Å². The van der Waals surface area contributed by atoms with Gasteiger partial charge in [-0.25, -0.2) is 4.98 Å². The van der Waals surface area contributed by atoms with Crippen LogP contribution in [-0.4, -0.2) is 17.2 Å². The molecule has 1 atom stereocenters. The molecule has 0 amide bonds. The summed E-state index contributed by atoms with van der Waals surface area (Å²) < 4.78 is 5.23. The van der Waals surface area contributed by atoms with E-state index in [4.69, 9.17) is 4.74 Å². The highest BCUT2D eigenvalue weighted by Crippen LogP contribution is 2.41. The van der Waals surface area contributed by atoms with E-state index in [-0.39, 0.29) is 0 Å². The molecule has 3 rings (SSSR count). The average molecular weight is 247 g/mol. The molecule has 88 valence electrons. The summed E-state index contributed by atoms with van der Waals surface area (Å²) in [4.78, 5) is 5.76. The van der Waals surface area contributed by atoms with E-state index in [2.05, 4.69) is 11.1 Å². The number of fused-ring (bicyclic) bond motifs is 3. The number of benzene rings is 1. The molecule has 4 heteroatoms. The molecule has 0 saturated heterocycles. The van der Waals surface area contributed by atoms with E-state index in [0.717, 1.165) is 28.4 Å². The number of aliphatic hydroxyl groups excluding tert-OH is 1. The monoisotopic (exact) mass is 247 g/mol. The predicted octanol–water partition coefficient (Wildman–Crippen LogP) is 2.78. The highest BCUT2D eigenvalue weighted by atomic mass is 32.1. The quantitative estimate of drug-likeness (QED) is 0.757. The van der Waals surface area contributed by atoms with Crippen molar-refractivity contribution in [3.05, 3.63) is 33.6 Å². The molecule has 0 saturated carbocycles. The maximum absolute atomic E-state index is 9.55. The van der Waals surface area contributed by atoms with Crippen LogP contribution in [0.15, 0.2) is 18.2 Å². The van der Waals surface area contributed by atoms with Crippen molar-refractivity contribution in [2.24, 2.45) is 0 Å². The number of ether oxygens (including phenoxy) is 1. The lowest BCUT2D eigenvalue weighted by molar-refractivity contribution is 0.199. The van der Waals surface area contributed by atoms with Gasteiger partial charge in [-0.05, 0) is 24.6 Å². The highest BCUT2D eigenvalue weighted by Gasteiger charge is 2.24. The summed E-state index contributed by atoms with van der Waals surface area (Å²) in [5.74, 6) is 0.850. The predicted molar refractivity (Wildman–Crippen MR) is 67.5 cm³/mol. The van der Waals surface area contributed by atoms with Crippen LogP contribution in [0.5, 0.6) is 5.75 Å². The number of hydrogen-bond donors (Lipinski definition) is 1. The molecule has 0 fully saturated rings. The van der Waals surface area contributed by atoms with Gasteiger partial charge in [0.1, 0.15) is 16.9 Å². The molecule has 17 heavy (non-hydrogen) atoms. The number of thiazole rings is 1. The van der Waals surface area contributed by atoms with Crippen molar-refractivity contribution in [2.45, 2.75) is 19.4 Å². The van der Waals surface area contributed by atoms with Crippen LogP contribution in [0.4, 0.5) is 0 Å². The summed E-state index contributed by atoms with van der Waals surface area (Å²) in [7, 11) is 1.67. The van der Waals surface area contributed by atoms with Gasteiger partial charge in [-0.3, -0.25) is 0 Å². The van der Waals surface area contributed by atoms with Crippen molar-refractivity contribution in [2.75, 3.05) is 7.11 Å². The van der Waals surface area contributed by atoms with Gasteiger partial charge in [-0.15, -0.1) is 11.3 Å². The first-order valence-corrected chi connectivity index (χ1v) is 6.35. The Balaban J connectivity index is 2.11. The van der Waals surface area contributed by atoms with Crippen LogP contribution in [0.3, 0.4) is 0 Å². The van der Waals surface area contributed by atoms with Gasteiger partial charge in [0.2, 0.25) is 0 Å². The fraction of sp³-hybridized carbons (Fsp3) is 0.308. The number of rotatable bonds is 2. The SMILES string of the molecule is COc1ccc2c(c1)-c1nc(C(C)O)sc1C2. The zero-order valence-corrected chi connectivity index (χ0v) is 10.5. The van der Waals surface area contributed by atoms with E-state index in [1.807, 2.05) is 12.1 Å². The summed E-state index contributed by atoms with van der Waals surface area (Å²) in [6, 6.07) is 6.09. The molecule has 1 aromatic heterocycles. The van der Waals surface area contributed by atoms with Crippen LogP contribution < -0.4 is 4.74 Å². The van der Waals surface area contributed by atoms with Gasteiger partial charge < -0.3 is 9.84 Å². The second-order valence-corrected chi connectivity index (χ2v) is 5.31. The van der Waals surface area contributed by atoms with Gasteiger partial charge in [-0.1, -0.05) is 6.07 Å². The Hall–Kier alpha value is -1.39. The van der Waals surface area contributed by atoms with Crippen molar-refractivity contribution < 1.29 is 9.84 Å². The minimum Gasteiger partial charge on any atom is -0.497 e. The van der Waals surface area contributed by atoms with E-state index in [1.165, 1.54) is 10.4 Å². The molecule has 1 aliphatic rings. The number of methoxy groups -OCH3 is 1. The fourth-order valence-electron chi connectivity index (χ4n) is 2.11. The smallest absolute Gasteiger partial charge is 0.122 e. The molecule has 3 nitrogen and oxygen atoms in total. The number of nitrogens with zero attached hydrogens (tertiary/aromatic N) is 1. The molecule has 0 aliphatic heterocycles. The molecule has 1 aromatic carbocycles. The van der Waals surface area contributed by atoms with E-state index < -0.39 is 6.10 Å². The highest BCUT2D eigenvalue weighted by molar-refractivity contribution is 7.12. The van der Waals surface area contributed by atoms with Crippen molar-refractivity contribution in [1.82, 2.24) is 4.98 Å². The van der Waals surface area contributed by atoms with Crippen LogP contribution in [-0.2, 0) is 6.42 Å². The van der Waals surface area contributed by atoms with E-state index in [0.29, 0.717) is 0 Å². The van der Waals surface area contributed by atoms with Crippen molar-refractivity contribution in [3.63, 3.8) is 0 Å². The Kier molecular flexibility index (Phi) is 2.42. The summed E-state index contributed by atoms with van der Waals surface area (Å²) in [5, 5.41) is 10.3. The van der Waals surface area contributed by atoms with Crippen LogP contribution in [0, 0.1) is 0 Å². The van der Waals surface area contributed by atoms with Gasteiger partial charge in [-0.2, -0.15) is 0 Å². The molecule has 0 bridgehead atoms. The van der Waals surface area contributed by atoms with Gasteiger partial charge in [0.15, 0.2) is 0 Å². The standard InChI is InChI=1S/C13H13NO2S/c1-7(15)13-14-12-10-6-9(16-2)4-3-8(10)5-11(12)17-13/h3-4,6-7,15H,5H2,1-2H3. The Morgan fingerprint density at radius 3 is 3.00 bits per heavy atom. The molecular formula is C13H13NO2S. The van der Waals surface area contributed by atoms with E-state index in [1.54, 1.807) is 25.4 Å². The van der Waals surface area contributed by atoms with Crippen LogP contribution in [0.25, 0.3) is 11.3 Å². The Morgan fingerprint density at radius 1 is 1.47 bits per heavy atom. The number of aliphatic hydroxyl groups is 1. The lowest BCUT2D eigenvalue weighted by Crippen LogP contribution is -1.90. The van der Waals surface area contributed by atoms with E-state index >= 15 is 0 Å². The van der Waals surface area contributed by atoms with Crippen molar-refractivity contribution in [1.29, 1.82) is 0 Å². The maximum atomic E-state index is 9.55. The lowest BCUT2D eigenvalue weighted by atomic mass is 10.1. The second-order valence-electron chi connectivity index (χ2n) is 4.20. The minimum absolute atomic E-state index is 0.486. The molecule has 2 aromatic rings. The van der Waals surface area contributed by atoms with Gasteiger partial charge in [0.25, 0.3) is 0 Å². The largest absolute Gasteiger partial charge is 0.497 e. The Labute approximate surface area is 104 Å². The first kappa shape index (κ1) is 10.7. The first-order chi connectivity index (χ1) is 8.19. The molecule has 1 aliphatic carbocycles. The topological polar surface area (TPSA) is 42.4 Å². The third-order valence-corrected chi connectivity index (χ3v) is 4.22. The average Bonchev–Trinajstić information content (AvgIpc) is 2.85. The lowest BCUT2D eigenvalue weighted by Gasteiger charge is -2.04. The summed E-state index contributed by atoms with van der Waals surface area (Å²) >= 11 is 1.60. The number of aromatic nitrogens is 1. The molecule has 1 unspecified atom stereocenters. The van der Waals surface area contributed by atoms with E-state index in [9.17, 15) is 5.11 Å². The fourth-order valence-corrected chi connectivity index (χ4v) is 3.15. The maximum Gasteiger partial charge on any atom is 0.122 e. The Bertz CT molecular complexity index is 575. The normalized spacial score (nSPS) is 14.3. The third-order valence-electron chi connectivity index (χ3n) is 2.99. The van der Waals surface area contributed by atoms with Gasteiger partial charge >= 0.3 is 0 Å².